The minimum atomic E-state index is -0.857. The number of carbonyl (C=O) groups excluding carboxylic acids is 3. The zero-order valence-corrected chi connectivity index (χ0v) is 22.8. The number of primary amides is 1. The van der Waals surface area contributed by atoms with Gasteiger partial charge < -0.3 is 26.4 Å². The summed E-state index contributed by atoms with van der Waals surface area (Å²) in [6, 6.07) is 7.92. The second kappa shape index (κ2) is 14.6. The number of pyridine rings is 1. The van der Waals surface area contributed by atoms with Gasteiger partial charge in [-0.15, -0.1) is 0 Å². The number of benzene rings is 2. The SMILES string of the molecule is CN(C(=O)NCc1cccc(F)c1Cl)C(CCCN=C(N)NC(N)=O)COC(=O)Nc1cc2cc(F)ccc2cn1. The number of amides is 5. The smallest absolute Gasteiger partial charge is 0.412 e. The van der Waals surface area contributed by atoms with Crippen LogP contribution in [0.3, 0.4) is 0 Å². The number of nitrogens with one attached hydrogen (secondary N) is 3. The molecule has 7 N–H and O–H groups in total. The molecule has 0 spiro atoms. The first-order valence-electron chi connectivity index (χ1n) is 12.3. The number of urea groups is 2. The molecule has 1 atom stereocenters. The summed E-state index contributed by atoms with van der Waals surface area (Å²) < 4.78 is 32.7. The average molecular weight is 591 g/mol. The maximum atomic E-state index is 13.7. The van der Waals surface area contributed by atoms with Crippen molar-refractivity contribution in [2.24, 2.45) is 16.5 Å². The molecular formula is C26H29ClF2N8O4. The van der Waals surface area contributed by atoms with Crippen LogP contribution in [-0.4, -0.2) is 60.2 Å². The van der Waals surface area contributed by atoms with Crippen molar-refractivity contribution in [3.05, 3.63) is 70.9 Å². The Kier molecular flexibility index (Phi) is 11.0. The number of anilines is 1. The van der Waals surface area contributed by atoms with Crippen LogP contribution in [0, 0.1) is 11.6 Å². The van der Waals surface area contributed by atoms with E-state index in [1.807, 2.05) is 0 Å². The first-order chi connectivity index (χ1) is 19.5. The van der Waals surface area contributed by atoms with Gasteiger partial charge in [0, 0.05) is 31.7 Å². The van der Waals surface area contributed by atoms with Crippen molar-refractivity contribution >= 4 is 52.3 Å². The summed E-state index contributed by atoms with van der Waals surface area (Å²) in [7, 11) is 1.50. The summed E-state index contributed by atoms with van der Waals surface area (Å²) in [5.74, 6) is -1.06. The second-order valence-corrected chi connectivity index (χ2v) is 9.20. The highest BCUT2D eigenvalue weighted by Crippen LogP contribution is 2.20. The predicted molar refractivity (Wildman–Crippen MR) is 150 cm³/mol. The lowest BCUT2D eigenvalue weighted by Crippen LogP contribution is -2.46. The van der Waals surface area contributed by atoms with Gasteiger partial charge in [-0.2, -0.15) is 0 Å². The van der Waals surface area contributed by atoms with Crippen molar-refractivity contribution < 1.29 is 27.9 Å². The lowest BCUT2D eigenvalue weighted by atomic mass is 10.1. The number of guanidine groups is 1. The molecule has 2 aromatic carbocycles. The van der Waals surface area contributed by atoms with Gasteiger partial charge in [0.15, 0.2) is 5.96 Å². The normalized spacial score (nSPS) is 12.0. The first kappa shape index (κ1) is 30.8. The van der Waals surface area contributed by atoms with Gasteiger partial charge in [-0.3, -0.25) is 15.6 Å². The summed E-state index contributed by atoms with van der Waals surface area (Å²) in [5, 5.41) is 8.40. The fourth-order valence-corrected chi connectivity index (χ4v) is 3.91. The number of nitrogens with two attached hydrogens (primary N) is 2. The van der Waals surface area contributed by atoms with Crippen molar-refractivity contribution in [1.29, 1.82) is 0 Å². The average Bonchev–Trinajstić information content (AvgIpc) is 2.92. The van der Waals surface area contributed by atoms with Gasteiger partial charge in [0.1, 0.15) is 24.1 Å². The zero-order chi connectivity index (χ0) is 29.9. The fraction of sp³-hybridized carbons (Fsp3) is 0.269. The van der Waals surface area contributed by atoms with Crippen LogP contribution in [0.1, 0.15) is 18.4 Å². The van der Waals surface area contributed by atoms with Gasteiger partial charge in [-0.05, 0) is 54.1 Å². The molecule has 218 valence electrons. The molecule has 0 aliphatic heterocycles. The number of rotatable bonds is 10. The van der Waals surface area contributed by atoms with Crippen LogP contribution in [0.25, 0.3) is 10.8 Å². The number of nitrogens with zero attached hydrogens (tertiary/aromatic N) is 3. The molecule has 1 heterocycles. The Morgan fingerprint density at radius 2 is 1.93 bits per heavy atom. The first-order valence-corrected chi connectivity index (χ1v) is 12.7. The summed E-state index contributed by atoms with van der Waals surface area (Å²) in [5.41, 5.74) is 10.9. The zero-order valence-electron chi connectivity index (χ0n) is 22.0. The largest absolute Gasteiger partial charge is 0.447 e. The number of likely N-dealkylation sites (N-methyl/N-ethyl adjacent to an activating group) is 1. The van der Waals surface area contributed by atoms with E-state index in [-0.39, 0.29) is 36.5 Å². The Labute approximate surface area is 239 Å². The van der Waals surface area contributed by atoms with E-state index in [4.69, 9.17) is 27.8 Å². The molecule has 0 bridgehead atoms. The molecule has 15 heteroatoms. The quantitative estimate of drug-likeness (QED) is 0.137. The molecule has 3 aromatic rings. The molecule has 0 aliphatic rings. The second-order valence-electron chi connectivity index (χ2n) is 8.82. The number of ether oxygens (including phenoxy) is 1. The number of aromatic nitrogens is 1. The summed E-state index contributed by atoms with van der Waals surface area (Å²) in [6.45, 7) is -0.0696. The van der Waals surface area contributed by atoms with E-state index >= 15 is 0 Å². The number of fused-ring (bicyclic) bond motifs is 1. The third kappa shape index (κ3) is 9.46. The lowest BCUT2D eigenvalue weighted by Gasteiger charge is -2.28. The van der Waals surface area contributed by atoms with E-state index in [9.17, 15) is 23.2 Å². The van der Waals surface area contributed by atoms with Gasteiger partial charge in [0.2, 0.25) is 0 Å². The molecule has 0 radical (unpaired) electrons. The Bertz CT molecular complexity index is 1440. The Balaban J connectivity index is 1.62. The van der Waals surface area contributed by atoms with E-state index in [0.717, 1.165) is 0 Å². The number of halogens is 3. The van der Waals surface area contributed by atoms with E-state index in [1.165, 1.54) is 48.5 Å². The predicted octanol–water partition coefficient (Wildman–Crippen LogP) is 3.69. The van der Waals surface area contributed by atoms with Gasteiger partial charge in [-0.1, -0.05) is 23.7 Å². The Hall–Kier alpha value is -4.72. The summed E-state index contributed by atoms with van der Waals surface area (Å²) in [4.78, 5) is 45.7. The van der Waals surface area contributed by atoms with Crippen molar-refractivity contribution in [2.75, 3.05) is 25.5 Å². The third-order valence-electron chi connectivity index (χ3n) is 5.88. The summed E-state index contributed by atoms with van der Waals surface area (Å²) in [6.07, 6.45) is 1.35. The summed E-state index contributed by atoms with van der Waals surface area (Å²) >= 11 is 5.97. The molecule has 0 saturated heterocycles. The molecule has 1 unspecified atom stereocenters. The molecule has 41 heavy (non-hydrogen) atoms. The minimum Gasteiger partial charge on any atom is -0.447 e. The number of hydrogen-bond donors (Lipinski definition) is 5. The monoisotopic (exact) mass is 590 g/mol. The van der Waals surface area contributed by atoms with E-state index in [1.54, 1.807) is 12.1 Å². The molecule has 0 saturated carbocycles. The number of carbonyl (C=O) groups is 3. The Morgan fingerprint density at radius 3 is 2.68 bits per heavy atom. The van der Waals surface area contributed by atoms with Crippen LogP contribution in [0.4, 0.5) is 29.0 Å². The van der Waals surface area contributed by atoms with Crippen molar-refractivity contribution in [2.45, 2.75) is 25.4 Å². The highest BCUT2D eigenvalue weighted by atomic mass is 35.5. The van der Waals surface area contributed by atoms with Crippen molar-refractivity contribution in [3.63, 3.8) is 0 Å². The van der Waals surface area contributed by atoms with Crippen LogP contribution < -0.4 is 27.4 Å². The highest BCUT2D eigenvalue weighted by molar-refractivity contribution is 6.31. The molecule has 0 fully saturated rings. The molecular weight excluding hydrogens is 562 g/mol. The topological polar surface area (TPSA) is 177 Å². The van der Waals surface area contributed by atoms with E-state index in [0.29, 0.717) is 29.2 Å². The molecule has 3 rings (SSSR count). The molecule has 12 nitrogen and oxygen atoms in total. The third-order valence-corrected chi connectivity index (χ3v) is 6.30. The maximum absolute atomic E-state index is 13.7. The van der Waals surface area contributed by atoms with Gasteiger partial charge in [0.25, 0.3) is 0 Å². The van der Waals surface area contributed by atoms with Crippen LogP contribution in [-0.2, 0) is 11.3 Å². The van der Waals surface area contributed by atoms with Crippen LogP contribution >= 0.6 is 11.6 Å². The number of aliphatic imine (C=N–C) groups is 1. The van der Waals surface area contributed by atoms with E-state index in [2.05, 4.69) is 25.9 Å². The standard InChI is InChI=1S/C26H29ClF2N8O4/c1-37(25(39)34-13-16-4-2-6-20(29)22(16)27)19(5-3-9-32-23(30)36-24(31)38)14-41-26(40)35-21-11-17-10-18(28)8-7-15(17)12-33-21/h2,4,6-8,10-12,19H,3,5,9,13-14H2,1H3,(H,34,39)(H,33,35,40)(H5,30,31,32,36,38). The minimum absolute atomic E-state index is 0.0400. The Morgan fingerprint density at radius 1 is 1.15 bits per heavy atom. The molecule has 1 aromatic heterocycles. The molecule has 5 amide bonds. The van der Waals surface area contributed by atoms with Gasteiger partial charge in [-0.25, -0.2) is 28.1 Å². The van der Waals surface area contributed by atoms with Crippen LogP contribution in [0.2, 0.25) is 5.02 Å². The van der Waals surface area contributed by atoms with Crippen molar-refractivity contribution in [1.82, 2.24) is 20.5 Å². The van der Waals surface area contributed by atoms with Gasteiger partial charge >= 0.3 is 18.2 Å². The fourth-order valence-electron chi connectivity index (χ4n) is 3.72. The van der Waals surface area contributed by atoms with Crippen LogP contribution in [0.15, 0.2) is 53.7 Å². The van der Waals surface area contributed by atoms with E-state index < -0.39 is 35.8 Å². The van der Waals surface area contributed by atoms with Gasteiger partial charge in [0.05, 0.1) is 11.1 Å². The number of hydrogen-bond acceptors (Lipinski definition) is 6. The van der Waals surface area contributed by atoms with Crippen molar-refractivity contribution in [3.8, 4) is 0 Å². The maximum Gasteiger partial charge on any atom is 0.412 e. The lowest BCUT2D eigenvalue weighted by molar-refractivity contribution is 0.113. The molecule has 0 aliphatic carbocycles. The van der Waals surface area contributed by atoms with Crippen LogP contribution in [0.5, 0.6) is 0 Å². The highest BCUT2D eigenvalue weighted by Gasteiger charge is 2.22.